The maximum absolute atomic E-state index is 12.0. The van der Waals surface area contributed by atoms with E-state index in [0.717, 1.165) is 0 Å². The lowest BCUT2D eigenvalue weighted by molar-refractivity contribution is -0.136. The monoisotopic (exact) mass is 272 g/mol. The first kappa shape index (κ1) is 12.1. The highest BCUT2D eigenvalue weighted by molar-refractivity contribution is 7.95. The number of carboxylic acid groups (broad SMARTS) is 1. The lowest BCUT2D eigenvalue weighted by Crippen LogP contribution is -2.03. The Morgan fingerprint density at radius 2 is 2.06 bits per heavy atom. The standard InChI is InChI=1S/C11H9ClO4S/c12-8-2-1-7-5-9(3-4-11(13)14)17(15,16)10(7)6-8/h1-2,5-6H,3-4H2,(H,13,14). The first-order valence-electron chi connectivity index (χ1n) is 4.88. The number of carbonyl (C=O) groups is 1. The molecule has 4 nitrogen and oxygen atoms in total. The highest BCUT2D eigenvalue weighted by Crippen LogP contribution is 2.36. The quantitative estimate of drug-likeness (QED) is 0.917. The van der Waals surface area contributed by atoms with E-state index in [1.165, 1.54) is 12.1 Å². The number of aliphatic carboxylic acids is 1. The molecule has 0 saturated heterocycles. The van der Waals surface area contributed by atoms with Crippen LogP contribution < -0.4 is 0 Å². The zero-order valence-corrected chi connectivity index (χ0v) is 10.3. The lowest BCUT2D eigenvalue weighted by atomic mass is 10.2. The Morgan fingerprint density at radius 1 is 1.35 bits per heavy atom. The zero-order valence-electron chi connectivity index (χ0n) is 8.68. The number of sulfone groups is 1. The van der Waals surface area contributed by atoms with E-state index in [1.54, 1.807) is 12.1 Å². The maximum Gasteiger partial charge on any atom is 0.303 e. The summed E-state index contributed by atoms with van der Waals surface area (Å²) in [4.78, 5) is 10.7. The summed E-state index contributed by atoms with van der Waals surface area (Å²) in [5.74, 6) is -1.02. The molecule has 0 aromatic heterocycles. The van der Waals surface area contributed by atoms with Gasteiger partial charge in [0.1, 0.15) is 0 Å². The van der Waals surface area contributed by atoms with Crippen molar-refractivity contribution in [2.75, 3.05) is 0 Å². The molecule has 90 valence electrons. The minimum Gasteiger partial charge on any atom is -0.481 e. The molecular weight excluding hydrogens is 264 g/mol. The van der Waals surface area contributed by atoms with Crippen LogP contribution in [0.1, 0.15) is 18.4 Å². The number of rotatable bonds is 3. The predicted octanol–water partition coefficient (Wildman–Crippen LogP) is 2.33. The van der Waals surface area contributed by atoms with Crippen molar-refractivity contribution in [3.63, 3.8) is 0 Å². The van der Waals surface area contributed by atoms with E-state index in [4.69, 9.17) is 16.7 Å². The Hall–Kier alpha value is -1.33. The SMILES string of the molecule is O=C(O)CCC1=Cc2ccc(Cl)cc2S1(=O)=O. The number of hydrogen-bond acceptors (Lipinski definition) is 3. The third-order valence-corrected chi connectivity index (χ3v) is 4.69. The molecule has 6 heteroatoms. The fourth-order valence-electron chi connectivity index (χ4n) is 1.69. The number of benzene rings is 1. The number of carboxylic acids is 1. The summed E-state index contributed by atoms with van der Waals surface area (Å²) < 4.78 is 24.1. The van der Waals surface area contributed by atoms with Crippen molar-refractivity contribution >= 4 is 33.5 Å². The molecular formula is C11H9ClO4S. The second-order valence-corrected chi connectivity index (χ2v) is 6.10. The highest BCUT2D eigenvalue weighted by Gasteiger charge is 2.29. The Bertz CT molecular complexity index is 616. The fraction of sp³-hybridized carbons (Fsp3) is 0.182. The summed E-state index contributed by atoms with van der Waals surface area (Å²) >= 11 is 5.74. The molecule has 1 aromatic carbocycles. The average Bonchev–Trinajstić information content (AvgIpc) is 2.48. The topological polar surface area (TPSA) is 71.4 Å². The second kappa shape index (κ2) is 4.16. The molecule has 1 aliphatic heterocycles. The first-order chi connectivity index (χ1) is 7.91. The molecule has 0 atom stereocenters. The van der Waals surface area contributed by atoms with Crippen molar-refractivity contribution in [2.24, 2.45) is 0 Å². The van der Waals surface area contributed by atoms with Crippen molar-refractivity contribution in [2.45, 2.75) is 17.7 Å². The van der Waals surface area contributed by atoms with Crippen molar-refractivity contribution in [3.05, 3.63) is 33.7 Å². The van der Waals surface area contributed by atoms with Crippen LogP contribution in [0.3, 0.4) is 0 Å². The van der Waals surface area contributed by atoms with Gasteiger partial charge in [-0.05, 0) is 30.2 Å². The molecule has 1 N–H and O–H groups in total. The Morgan fingerprint density at radius 3 is 2.71 bits per heavy atom. The number of halogens is 1. The van der Waals surface area contributed by atoms with E-state index in [1.807, 2.05) is 0 Å². The van der Waals surface area contributed by atoms with Crippen LogP contribution in [0.4, 0.5) is 0 Å². The van der Waals surface area contributed by atoms with Gasteiger partial charge in [-0.25, -0.2) is 8.42 Å². The largest absolute Gasteiger partial charge is 0.481 e. The normalized spacial score (nSPS) is 16.4. The van der Waals surface area contributed by atoms with Gasteiger partial charge in [-0.15, -0.1) is 0 Å². The van der Waals surface area contributed by atoms with Gasteiger partial charge in [0.25, 0.3) is 0 Å². The van der Waals surface area contributed by atoms with E-state index in [0.29, 0.717) is 10.6 Å². The molecule has 17 heavy (non-hydrogen) atoms. The summed E-state index contributed by atoms with van der Waals surface area (Å²) in [6, 6.07) is 4.60. The smallest absolute Gasteiger partial charge is 0.303 e. The minimum absolute atomic E-state index is 0.00393. The molecule has 0 unspecified atom stereocenters. The van der Waals surface area contributed by atoms with Crippen LogP contribution in [-0.4, -0.2) is 19.5 Å². The number of allylic oxidation sites excluding steroid dienone is 1. The third kappa shape index (κ3) is 2.21. The van der Waals surface area contributed by atoms with Crippen LogP contribution >= 0.6 is 11.6 Å². The van der Waals surface area contributed by atoms with Gasteiger partial charge in [-0.1, -0.05) is 17.7 Å². The lowest BCUT2D eigenvalue weighted by Gasteiger charge is -2.02. The molecule has 0 aliphatic carbocycles. The maximum atomic E-state index is 12.0. The average molecular weight is 273 g/mol. The van der Waals surface area contributed by atoms with Gasteiger partial charge in [0.15, 0.2) is 0 Å². The molecule has 2 rings (SSSR count). The van der Waals surface area contributed by atoms with Crippen LogP contribution in [0.5, 0.6) is 0 Å². The van der Waals surface area contributed by atoms with Crippen molar-refractivity contribution in [3.8, 4) is 0 Å². The van der Waals surface area contributed by atoms with Crippen molar-refractivity contribution in [1.82, 2.24) is 0 Å². The van der Waals surface area contributed by atoms with E-state index in [9.17, 15) is 13.2 Å². The highest BCUT2D eigenvalue weighted by atomic mass is 35.5. The van der Waals surface area contributed by atoms with Crippen molar-refractivity contribution < 1.29 is 18.3 Å². The van der Waals surface area contributed by atoms with Gasteiger partial charge in [-0.3, -0.25) is 4.79 Å². The van der Waals surface area contributed by atoms with Gasteiger partial charge in [0.05, 0.1) is 16.2 Å². The summed E-state index contributed by atoms with van der Waals surface area (Å²) in [6.07, 6.45) is 1.31. The van der Waals surface area contributed by atoms with Crippen LogP contribution in [0.2, 0.25) is 5.02 Å². The Kier molecular flexibility index (Phi) is 2.97. The molecule has 0 radical (unpaired) electrons. The summed E-state index contributed by atoms with van der Waals surface area (Å²) in [5, 5.41) is 8.91. The van der Waals surface area contributed by atoms with E-state index in [2.05, 4.69) is 0 Å². The molecule has 0 saturated carbocycles. The van der Waals surface area contributed by atoms with Crippen LogP contribution in [0.15, 0.2) is 28.0 Å². The third-order valence-electron chi connectivity index (χ3n) is 2.51. The first-order valence-corrected chi connectivity index (χ1v) is 6.74. The Labute approximate surface area is 103 Å². The van der Waals surface area contributed by atoms with Crippen LogP contribution in [0, 0.1) is 0 Å². The van der Waals surface area contributed by atoms with Crippen molar-refractivity contribution in [1.29, 1.82) is 0 Å². The van der Waals surface area contributed by atoms with Crippen LogP contribution in [-0.2, 0) is 14.6 Å². The molecule has 0 spiro atoms. The van der Waals surface area contributed by atoms with Crippen LogP contribution in [0.25, 0.3) is 6.08 Å². The molecule has 1 aromatic rings. The molecule has 0 amide bonds. The molecule has 1 aliphatic rings. The summed E-state index contributed by atoms with van der Waals surface area (Å²) in [5.41, 5.74) is 0.565. The minimum atomic E-state index is -3.55. The van der Waals surface area contributed by atoms with E-state index in [-0.39, 0.29) is 22.6 Å². The summed E-state index contributed by atoms with van der Waals surface area (Å²) in [7, 11) is -3.55. The van der Waals surface area contributed by atoms with Gasteiger partial charge in [0, 0.05) is 5.02 Å². The Balaban J connectivity index is 2.39. The molecule has 1 heterocycles. The fourth-order valence-corrected chi connectivity index (χ4v) is 3.58. The van der Waals surface area contributed by atoms with Gasteiger partial charge < -0.3 is 5.11 Å². The predicted molar refractivity (Wildman–Crippen MR) is 63.5 cm³/mol. The second-order valence-electron chi connectivity index (χ2n) is 3.69. The summed E-state index contributed by atoms with van der Waals surface area (Å²) in [6.45, 7) is 0. The molecule has 0 fully saturated rings. The zero-order chi connectivity index (χ0) is 12.6. The van der Waals surface area contributed by atoms with Gasteiger partial charge in [0.2, 0.25) is 9.84 Å². The van der Waals surface area contributed by atoms with Gasteiger partial charge >= 0.3 is 5.97 Å². The van der Waals surface area contributed by atoms with E-state index < -0.39 is 15.8 Å². The number of fused-ring (bicyclic) bond motifs is 1. The molecule has 0 bridgehead atoms. The van der Waals surface area contributed by atoms with Gasteiger partial charge in [-0.2, -0.15) is 0 Å². The number of hydrogen-bond donors (Lipinski definition) is 1. The van der Waals surface area contributed by atoms with E-state index >= 15 is 0 Å².